The summed E-state index contributed by atoms with van der Waals surface area (Å²) in [4.78, 5) is 16.3. The van der Waals surface area contributed by atoms with Crippen LogP contribution in [0, 0.1) is 12.8 Å². The highest BCUT2D eigenvalue weighted by Crippen LogP contribution is 2.23. The molecule has 2 rings (SSSR count). The van der Waals surface area contributed by atoms with E-state index in [4.69, 9.17) is 0 Å². The number of nitrogens with one attached hydrogen (secondary N) is 3. The Bertz CT molecular complexity index is 556. The fourth-order valence-electron chi connectivity index (χ4n) is 3.10. The molecule has 1 aliphatic carbocycles. The lowest BCUT2D eigenvalue weighted by Gasteiger charge is -2.21. The molecule has 1 aromatic rings. The van der Waals surface area contributed by atoms with Gasteiger partial charge in [-0.25, -0.2) is 0 Å². The fraction of sp³-hybridized carbons (Fsp3) is 0.579. The first-order chi connectivity index (χ1) is 11.7. The molecule has 0 spiro atoms. The number of nitrogens with zero attached hydrogens (tertiary/aromatic N) is 1. The Morgan fingerprint density at radius 2 is 1.84 bits per heavy atom. The molecule has 6 heteroatoms. The van der Waals surface area contributed by atoms with E-state index in [1.54, 1.807) is 7.05 Å². The second-order valence-corrected chi connectivity index (χ2v) is 6.47. The molecule has 3 N–H and O–H groups in total. The molecule has 1 fully saturated rings. The summed E-state index contributed by atoms with van der Waals surface area (Å²) in [5, 5.41) is 9.56. The minimum absolute atomic E-state index is 0. The third-order valence-corrected chi connectivity index (χ3v) is 4.46. The van der Waals surface area contributed by atoms with Crippen LogP contribution in [-0.4, -0.2) is 32.0 Å². The van der Waals surface area contributed by atoms with Crippen molar-refractivity contribution in [3.63, 3.8) is 0 Å². The van der Waals surface area contributed by atoms with Crippen molar-refractivity contribution in [2.75, 3.05) is 20.1 Å². The molecule has 140 valence electrons. The van der Waals surface area contributed by atoms with Gasteiger partial charge in [0.15, 0.2) is 5.96 Å². The number of aryl methyl sites for hydroxylation is 1. The maximum atomic E-state index is 12.1. The lowest BCUT2D eigenvalue weighted by molar-refractivity contribution is -0.125. The first-order valence-corrected chi connectivity index (χ1v) is 8.97. The summed E-state index contributed by atoms with van der Waals surface area (Å²) in [5.74, 6) is 1.18. The number of amides is 1. The molecule has 0 aliphatic heterocycles. The van der Waals surface area contributed by atoms with E-state index in [0.29, 0.717) is 13.1 Å². The van der Waals surface area contributed by atoms with E-state index in [1.165, 1.54) is 30.4 Å². The molecule has 0 saturated heterocycles. The topological polar surface area (TPSA) is 65.5 Å². The van der Waals surface area contributed by atoms with Crippen LogP contribution in [-0.2, 0) is 11.3 Å². The van der Waals surface area contributed by atoms with Crippen LogP contribution in [0.1, 0.15) is 43.2 Å². The molecule has 1 amide bonds. The van der Waals surface area contributed by atoms with Gasteiger partial charge in [-0.3, -0.25) is 9.79 Å². The smallest absolute Gasteiger partial charge is 0.223 e. The summed E-state index contributed by atoms with van der Waals surface area (Å²) in [7, 11) is 1.76. The molecule has 25 heavy (non-hydrogen) atoms. The van der Waals surface area contributed by atoms with Gasteiger partial charge < -0.3 is 16.0 Å². The maximum Gasteiger partial charge on any atom is 0.223 e. The number of hydrogen-bond acceptors (Lipinski definition) is 2. The molecule has 0 aromatic heterocycles. The Kier molecular flexibility index (Phi) is 10.5. The fourth-order valence-corrected chi connectivity index (χ4v) is 3.10. The summed E-state index contributed by atoms with van der Waals surface area (Å²) in [5.41, 5.74) is 2.48. The van der Waals surface area contributed by atoms with Gasteiger partial charge in [-0.05, 0) is 25.3 Å². The number of halogens is 1. The summed E-state index contributed by atoms with van der Waals surface area (Å²) >= 11 is 0. The quantitative estimate of drug-likeness (QED) is 0.266. The highest BCUT2D eigenvalue weighted by molar-refractivity contribution is 14.0. The van der Waals surface area contributed by atoms with Crippen LogP contribution in [0.3, 0.4) is 0 Å². The molecule has 5 nitrogen and oxygen atoms in total. The number of hydrogen-bond donors (Lipinski definition) is 3. The van der Waals surface area contributed by atoms with Crippen LogP contribution in [0.4, 0.5) is 0 Å². The summed E-state index contributed by atoms with van der Waals surface area (Å²) in [6.45, 7) is 4.12. The number of guanidine groups is 1. The number of aliphatic imine (C=N–C) groups is 1. The molecule has 1 aliphatic rings. The number of carbonyl (C=O) groups is 1. The van der Waals surface area contributed by atoms with Gasteiger partial charge in [-0.1, -0.05) is 49.1 Å². The molecule has 0 atom stereocenters. The summed E-state index contributed by atoms with van der Waals surface area (Å²) < 4.78 is 0. The van der Waals surface area contributed by atoms with Crippen molar-refractivity contribution in [2.24, 2.45) is 10.9 Å². The first-order valence-electron chi connectivity index (χ1n) is 8.97. The van der Waals surface area contributed by atoms with Crippen LogP contribution in [0.2, 0.25) is 0 Å². The SMILES string of the molecule is CN=C(NCCNC(=O)C1CCCCC1)NCc1cccc(C)c1.I. The van der Waals surface area contributed by atoms with Crippen molar-refractivity contribution >= 4 is 35.8 Å². The Labute approximate surface area is 168 Å². The summed E-state index contributed by atoms with van der Waals surface area (Å²) in [6, 6.07) is 8.40. The monoisotopic (exact) mass is 458 g/mol. The highest BCUT2D eigenvalue weighted by Gasteiger charge is 2.20. The minimum atomic E-state index is 0. The van der Waals surface area contributed by atoms with Crippen molar-refractivity contribution in [1.29, 1.82) is 0 Å². The van der Waals surface area contributed by atoms with Crippen LogP contribution in [0.25, 0.3) is 0 Å². The van der Waals surface area contributed by atoms with Crippen molar-refractivity contribution < 1.29 is 4.79 Å². The summed E-state index contributed by atoms with van der Waals surface area (Å²) in [6.07, 6.45) is 5.73. The maximum absolute atomic E-state index is 12.1. The normalized spacial score (nSPS) is 15.2. The Morgan fingerprint density at radius 1 is 1.12 bits per heavy atom. The zero-order chi connectivity index (χ0) is 17.2. The van der Waals surface area contributed by atoms with Gasteiger partial charge in [0, 0.05) is 32.6 Å². The third-order valence-electron chi connectivity index (χ3n) is 4.46. The van der Waals surface area contributed by atoms with Gasteiger partial charge in [0.25, 0.3) is 0 Å². The Morgan fingerprint density at radius 3 is 2.52 bits per heavy atom. The second kappa shape index (κ2) is 12.1. The van der Waals surface area contributed by atoms with Gasteiger partial charge in [-0.15, -0.1) is 24.0 Å². The van der Waals surface area contributed by atoms with E-state index < -0.39 is 0 Å². The molecule has 0 radical (unpaired) electrons. The number of benzene rings is 1. The van der Waals surface area contributed by atoms with E-state index in [-0.39, 0.29) is 35.8 Å². The number of rotatable bonds is 6. The van der Waals surface area contributed by atoms with Crippen molar-refractivity contribution in [3.8, 4) is 0 Å². The van der Waals surface area contributed by atoms with Crippen molar-refractivity contribution in [1.82, 2.24) is 16.0 Å². The third kappa shape index (κ3) is 8.07. The lowest BCUT2D eigenvalue weighted by Crippen LogP contribution is -2.42. The molecular weight excluding hydrogens is 427 g/mol. The van der Waals surface area contributed by atoms with Gasteiger partial charge >= 0.3 is 0 Å². The predicted octanol–water partition coefficient (Wildman–Crippen LogP) is 2.97. The molecular formula is C19H31IN4O. The second-order valence-electron chi connectivity index (χ2n) is 6.47. The molecule has 1 saturated carbocycles. The largest absolute Gasteiger partial charge is 0.355 e. The lowest BCUT2D eigenvalue weighted by atomic mass is 9.89. The van der Waals surface area contributed by atoms with Gasteiger partial charge in [0.1, 0.15) is 0 Å². The van der Waals surface area contributed by atoms with E-state index in [2.05, 4.69) is 52.1 Å². The van der Waals surface area contributed by atoms with Crippen LogP contribution < -0.4 is 16.0 Å². The van der Waals surface area contributed by atoms with E-state index in [0.717, 1.165) is 25.3 Å². The highest BCUT2D eigenvalue weighted by atomic mass is 127. The molecule has 0 heterocycles. The number of carbonyl (C=O) groups excluding carboxylic acids is 1. The van der Waals surface area contributed by atoms with E-state index in [9.17, 15) is 4.79 Å². The van der Waals surface area contributed by atoms with Crippen molar-refractivity contribution in [2.45, 2.75) is 45.6 Å². The Hall–Kier alpha value is -1.31. The first kappa shape index (κ1) is 21.7. The molecule has 1 aromatic carbocycles. The van der Waals surface area contributed by atoms with Crippen LogP contribution in [0.5, 0.6) is 0 Å². The van der Waals surface area contributed by atoms with E-state index in [1.807, 2.05) is 0 Å². The standard InChI is InChI=1S/C19H30N4O.HI/c1-15-7-6-8-16(13-15)14-23-19(20-2)22-12-11-21-18(24)17-9-4-3-5-10-17;/h6-8,13,17H,3-5,9-12,14H2,1-2H3,(H,21,24)(H2,20,22,23);1H. The predicted molar refractivity (Wildman–Crippen MR) is 114 cm³/mol. The van der Waals surface area contributed by atoms with Gasteiger partial charge in [-0.2, -0.15) is 0 Å². The van der Waals surface area contributed by atoms with Gasteiger partial charge in [0.2, 0.25) is 5.91 Å². The average molecular weight is 458 g/mol. The Balaban J connectivity index is 0.00000312. The zero-order valence-electron chi connectivity index (χ0n) is 15.3. The zero-order valence-corrected chi connectivity index (χ0v) is 17.6. The van der Waals surface area contributed by atoms with Crippen LogP contribution in [0.15, 0.2) is 29.3 Å². The van der Waals surface area contributed by atoms with Crippen molar-refractivity contribution in [3.05, 3.63) is 35.4 Å². The molecule has 0 bridgehead atoms. The molecule has 0 unspecified atom stereocenters. The van der Waals surface area contributed by atoms with Gasteiger partial charge in [0.05, 0.1) is 0 Å². The minimum Gasteiger partial charge on any atom is -0.355 e. The average Bonchev–Trinajstić information content (AvgIpc) is 2.61. The van der Waals surface area contributed by atoms with Crippen LogP contribution >= 0.6 is 24.0 Å². The van der Waals surface area contributed by atoms with E-state index >= 15 is 0 Å².